The fourth-order valence-corrected chi connectivity index (χ4v) is 0.754. The van der Waals surface area contributed by atoms with Crippen LogP contribution in [0.5, 0.6) is 5.88 Å². The van der Waals surface area contributed by atoms with Gasteiger partial charge in [-0.15, -0.1) is 10.2 Å². The number of hydrogen-bond donors (Lipinski definition) is 0. The zero-order valence-electron chi connectivity index (χ0n) is 5.12. The van der Waals surface area contributed by atoms with Gasteiger partial charge in [-0.2, -0.15) is 0 Å². The number of hydrogen-bond acceptors (Lipinski definition) is 3. The molecule has 0 amide bonds. The van der Waals surface area contributed by atoms with Gasteiger partial charge >= 0.3 is 0 Å². The van der Waals surface area contributed by atoms with Gasteiger partial charge in [0.15, 0.2) is 0 Å². The second-order valence-corrected chi connectivity index (χ2v) is 2.61. The van der Waals surface area contributed by atoms with E-state index in [1.165, 1.54) is 0 Å². The van der Waals surface area contributed by atoms with E-state index >= 15 is 0 Å². The number of aromatic nitrogens is 2. The minimum Gasteiger partial charge on any atom is -0.487 e. The van der Waals surface area contributed by atoms with Crippen LogP contribution < -0.4 is 4.74 Å². The Morgan fingerprint density at radius 1 is 1.50 bits per heavy atom. The summed E-state index contributed by atoms with van der Waals surface area (Å²) in [4.78, 5) is 0. The first-order chi connectivity index (χ1) is 4.83. The maximum atomic E-state index is 5.11. The van der Waals surface area contributed by atoms with E-state index in [2.05, 4.69) is 32.8 Å². The number of rotatable bonds is 2. The van der Waals surface area contributed by atoms with Crippen LogP contribution in [0.3, 0.4) is 0 Å². The zero-order chi connectivity index (χ0) is 7.40. The molecule has 0 bridgehead atoms. The van der Waals surface area contributed by atoms with Crippen molar-refractivity contribution in [3.8, 4) is 5.88 Å². The molecule has 1 rings (SSSR count). The van der Waals surface area contributed by atoms with Gasteiger partial charge in [0.25, 0.3) is 0 Å². The topological polar surface area (TPSA) is 35.0 Å². The molecule has 0 spiro atoms. The van der Waals surface area contributed by atoms with Crippen molar-refractivity contribution >= 4 is 30.4 Å². The maximum absolute atomic E-state index is 5.11. The lowest BCUT2D eigenvalue weighted by molar-refractivity contribution is 0.366. The SMILES string of the molecule is [B]COc1ccc(I)nn1. The van der Waals surface area contributed by atoms with E-state index < -0.39 is 0 Å². The number of ether oxygens (including phenoxy) is 1. The molecule has 0 aromatic carbocycles. The highest BCUT2D eigenvalue weighted by molar-refractivity contribution is 14.1. The van der Waals surface area contributed by atoms with Gasteiger partial charge in [-0.3, -0.25) is 0 Å². The summed E-state index contributed by atoms with van der Waals surface area (Å²) < 4.78 is 5.70. The van der Waals surface area contributed by atoms with Crippen LogP contribution in [-0.2, 0) is 0 Å². The molecule has 5 heteroatoms. The van der Waals surface area contributed by atoms with E-state index in [-0.39, 0.29) is 6.51 Å². The molecule has 0 N–H and O–H groups in total. The second-order valence-electron chi connectivity index (χ2n) is 1.51. The van der Waals surface area contributed by atoms with Gasteiger partial charge in [-0.05, 0) is 28.7 Å². The molecule has 1 heterocycles. The summed E-state index contributed by atoms with van der Waals surface area (Å²) in [6.07, 6.45) is 0. The Hall–Kier alpha value is -0.325. The summed E-state index contributed by atoms with van der Waals surface area (Å²) in [7, 11) is 5.11. The first kappa shape index (κ1) is 7.78. The molecule has 50 valence electrons. The third kappa shape index (κ3) is 2.13. The van der Waals surface area contributed by atoms with Crippen molar-refractivity contribution in [1.82, 2.24) is 10.2 Å². The lowest BCUT2D eigenvalue weighted by Crippen LogP contribution is -1.98. The normalized spacial score (nSPS) is 9.30. The monoisotopic (exact) mass is 246 g/mol. The van der Waals surface area contributed by atoms with Gasteiger partial charge in [0, 0.05) is 12.6 Å². The maximum Gasteiger partial charge on any atom is 0.232 e. The molecule has 0 saturated carbocycles. The fourth-order valence-electron chi connectivity index (χ4n) is 0.466. The predicted octanol–water partition coefficient (Wildman–Crippen LogP) is 0.586. The third-order valence-corrected chi connectivity index (χ3v) is 1.41. The second kappa shape index (κ2) is 3.75. The molecule has 0 saturated heterocycles. The van der Waals surface area contributed by atoms with Crippen LogP contribution in [0.15, 0.2) is 12.1 Å². The van der Waals surface area contributed by atoms with E-state index in [1.54, 1.807) is 12.1 Å². The summed E-state index contributed by atoms with van der Waals surface area (Å²) in [5.41, 5.74) is 0. The van der Waals surface area contributed by atoms with Crippen LogP contribution in [0.2, 0.25) is 0 Å². The van der Waals surface area contributed by atoms with Crippen LogP contribution in [0.25, 0.3) is 0 Å². The Bertz CT molecular complexity index is 203. The molecular formula is C5H4BIN2O. The summed E-state index contributed by atoms with van der Waals surface area (Å²) >= 11 is 2.06. The average molecular weight is 246 g/mol. The lowest BCUT2D eigenvalue weighted by Gasteiger charge is -1.98. The van der Waals surface area contributed by atoms with Gasteiger partial charge in [-0.1, -0.05) is 0 Å². The van der Waals surface area contributed by atoms with Crippen molar-refractivity contribution in [3.63, 3.8) is 0 Å². The van der Waals surface area contributed by atoms with Crippen molar-refractivity contribution in [1.29, 1.82) is 0 Å². The Balaban J connectivity index is 2.69. The van der Waals surface area contributed by atoms with E-state index in [0.29, 0.717) is 5.88 Å². The zero-order valence-corrected chi connectivity index (χ0v) is 7.28. The van der Waals surface area contributed by atoms with Gasteiger partial charge in [-0.25, -0.2) is 0 Å². The van der Waals surface area contributed by atoms with Gasteiger partial charge < -0.3 is 4.74 Å². The minimum atomic E-state index is 0.134. The van der Waals surface area contributed by atoms with Crippen molar-refractivity contribution in [2.24, 2.45) is 0 Å². The fraction of sp³-hybridized carbons (Fsp3) is 0.200. The highest BCUT2D eigenvalue weighted by atomic mass is 127. The molecule has 0 atom stereocenters. The smallest absolute Gasteiger partial charge is 0.232 e. The molecule has 0 unspecified atom stereocenters. The standard InChI is InChI=1S/C5H4BIN2O/c6-3-10-5-2-1-4(7)8-9-5/h1-2H,3H2. The third-order valence-electron chi connectivity index (χ3n) is 0.839. The lowest BCUT2D eigenvalue weighted by atomic mass is 10.2. The van der Waals surface area contributed by atoms with Crippen LogP contribution in [-0.4, -0.2) is 24.5 Å². The summed E-state index contributed by atoms with van der Waals surface area (Å²) in [6, 6.07) is 3.53. The Morgan fingerprint density at radius 2 is 2.30 bits per heavy atom. The molecule has 0 aliphatic heterocycles. The first-order valence-electron chi connectivity index (χ1n) is 2.65. The van der Waals surface area contributed by atoms with Crippen LogP contribution in [0, 0.1) is 3.70 Å². The van der Waals surface area contributed by atoms with E-state index in [1.807, 2.05) is 0 Å². The molecule has 10 heavy (non-hydrogen) atoms. The van der Waals surface area contributed by atoms with Crippen LogP contribution in [0.4, 0.5) is 0 Å². The van der Waals surface area contributed by atoms with Gasteiger partial charge in [0.2, 0.25) is 5.88 Å². The Kier molecular flexibility index (Phi) is 2.92. The van der Waals surface area contributed by atoms with Crippen LogP contribution >= 0.6 is 22.6 Å². The molecule has 2 radical (unpaired) electrons. The number of halogens is 1. The Morgan fingerprint density at radius 3 is 2.80 bits per heavy atom. The highest BCUT2D eigenvalue weighted by Gasteiger charge is 1.92. The largest absolute Gasteiger partial charge is 0.487 e. The average Bonchev–Trinajstić information content (AvgIpc) is 1.95. The molecule has 0 aliphatic rings. The summed E-state index contributed by atoms with van der Waals surface area (Å²) in [5, 5.41) is 7.46. The minimum absolute atomic E-state index is 0.134. The summed E-state index contributed by atoms with van der Waals surface area (Å²) in [5.74, 6) is 0.461. The molecule has 0 aliphatic carbocycles. The van der Waals surface area contributed by atoms with E-state index in [4.69, 9.17) is 12.6 Å². The predicted molar refractivity (Wildman–Crippen MR) is 46.0 cm³/mol. The molecular weight excluding hydrogens is 242 g/mol. The molecule has 1 aromatic rings. The summed E-state index contributed by atoms with van der Waals surface area (Å²) in [6.45, 7) is 0.134. The van der Waals surface area contributed by atoms with Crippen LogP contribution in [0.1, 0.15) is 0 Å². The van der Waals surface area contributed by atoms with Gasteiger partial charge in [0.05, 0.1) is 0 Å². The molecule has 1 aromatic heterocycles. The molecule has 3 nitrogen and oxygen atoms in total. The van der Waals surface area contributed by atoms with Crippen molar-refractivity contribution < 1.29 is 4.74 Å². The Labute approximate surface area is 73.7 Å². The van der Waals surface area contributed by atoms with E-state index in [9.17, 15) is 0 Å². The van der Waals surface area contributed by atoms with Crippen molar-refractivity contribution in [3.05, 3.63) is 15.8 Å². The van der Waals surface area contributed by atoms with E-state index in [0.717, 1.165) is 3.70 Å². The van der Waals surface area contributed by atoms with Crippen molar-refractivity contribution in [2.75, 3.05) is 6.51 Å². The quantitative estimate of drug-likeness (QED) is 0.565. The highest BCUT2D eigenvalue weighted by Crippen LogP contribution is 2.05. The first-order valence-corrected chi connectivity index (χ1v) is 3.73. The van der Waals surface area contributed by atoms with Gasteiger partial charge in [0.1, 0.15) is 11.5 Å². The molecule has 0 fully saturated rings. The number of nitrogens with zero attached hydrogens (tertiary/aromatic N) is 2. The van der Waals surface area contributed by atoms with Crippen molar-refractivity contribution in [2.45, 2.75) is 0 Å².